The van der Waals surface area contributed by atoms with E-state index < -0.39 is 10.0 Å². The van der Waals surface area contributed by atoms with Crippen molar-refractivity contribution in [3.8, 4) is 0 Å². The van der Waals surface area contributed by atoms with Crippen molar-refractivity contribution in [2.75, 3.05) is 45.0 Å². The largest absolute Gasteiger partial charge is 0.334 e. The third kappa shape index (κ3) is 4.74. The van der Waals surface area contributed by atoms with Crippen LogP contribution in [-0.2, 0) is 10.0 Å². The van der Waals surface area contributed by atoms with E-state index >= 15 is 0 Å². The average Bonchev–Trinajstić information content (AvgIpc) is 2.64. The first kappa shape index (κ1) is 20.0. The van der Waals surface area contributed by atoms with Gasteiger partial charge in [-0.1, -0.05) is 6.42 Å². The van der Waals surface area contributed by atoms with E-state index in [9.17, 15) is 18.0 Å². The zero-order valence-corrected chi connectivity index (χ0v) is 16.4. The Kier molecular flexibility index (Phi) is 6.28. The van der Waals surface area contributed by atoms with Crippen molar-refractivity contribution in [3.05, 3.63) is 28.2 Å². The highest BCUT2D eigenvalue weighted by atomic mass is 32.2. The van der Waals surface area contributed by atoms with Gasteiger partial charge in [0.15, 0.2) is 0 Å². The third-order valence-corrected chi connectivity index (χ3v) is 7.19. The Hall–Kier alpha value is -1.78. The summed E-state index contributed by atoms with van der Waals surface area (Å²) in [5.74, 6) is -0.244. The van der Waals surface area contributed by atoms with Crippen LogP contribution < -0.4 is 5.56 Å². The number of amides is 1. The fourth-order valence-electron chi connectivity index (χ4n) is 3.57. The lowest BCUT2D eigenvalue weighted by Crippen LogP contribution is -2.63. The molecule has 1 N–H and O–H groups in total. The highest BCUT2D eigenvalue weighted by Crippen LogP contribution is 2.21. The standard InChI is InChI=1S/C17H27N5O4S/c1-2-27(25,26)22(11-10-20-8-4-3-5-9-20)14-12-21(13-14)17(24)15-6-7-16(23)19-18-15/h6-7,14H,2-5,8-13H2,1H3,(H,19,23). The van der Waals surface area contributed by atoms with Crippen LogP contribution in [0, 0.1) is 0 Å². The Bertz CT molecular complexity index is 792. The molecule has 2 aliphatic heterocycles. The molecule has 9 nitrogen and oxygen atoms in total. The SMILES string of the molecule is CCS(=O)(=O)N(CCN1CCCCC1)C1CN(C(=O)c2ccc(=O)[nH]n2)C1. The second-order valence-electron chi connectivity index (χ2n) is 7.08. The van der Waals surface area contributed by atoms with Gasteiger partial charge in [-0.3, -0.25) is 9.59 Å². The van der Waals surface area contributed by atoms with Crippen molar-refractivity contribution in [3.63, 3.8) is 0 Å². The van der Waals surface area contributed by atoms with Gasteiger partial charge in [0.05, 0.1) is 11.8 Å². The highest BCUT2D eigenvalue weighted by Gasteiger charge is 2.40. The number of hydrogen-bond acceptors (Lipinski definition) is 6. The van der Waals surface area contributed by atoms with Crippen molar-refractivity contribution in [2.45, 2.75) is 32.2 Å². The summed E-state index contributed by atoms with van der Waals surface area (Å²) in [6.07, 6.45) is 3.57. The molecule has 0 saturated carbocycles. The zero-order chi connectivity index (χ0) is 19.4. The highest BCUT2D eigenvalue weighted by molar-refractivity contribution is 7.89. The summed E-state index contributed by atoms with van der Waals surface area (Å²) in [4.78, 5) is 27.3. The number of carbonyl (C=O) groups excluding carboxylic acids is 1. The average molecular weight is 398 g/mol. The zero-order valence-electron chi connectivity index (χ0n) is 15.6. The molecular formula is C17H27N5O4S. The van der Waals surface area contributed by atoms with Crippen molar-refractivity contribution < 1.29 is 13.2 Å². The number of rotatable bonds is 7. The number of sulfonamides is 1. The van der Waals surface area contributed by atoms with E-state index in [-0.39, 0.29) is 29.0 Å². The summed E-state index contributed by atoms with van der Waals surface area (Å²) in [7, 11) is -3.33. The number of H-pyrrole nitrogens is 1. The Labute approximate surface area is 159 Å². The van der Waals surface area contributed by atoms with Crippen LogP contribution in [0.2, 0.25) is 0 Å². The van der Waals surface area contributed by atoms with Gasteiger partial charge in [-0.2, -0.15) is 9.40 Å². The fourth-order valence-corrected chi connectivity index (χ4v) is 4.85. The second kappa shape index (κ2) is 8.49. The molecule has 2 fully saturated rings. The van der Waals surface area contributed by atoms with Gasteiger partial charge in [-0.15, -0.1) is 0 Å². The van der Waals surface area contributed by atoms with Crippen LogP contribution in [0.1, 0.15) is 36.7 Å². The minimum Gasteiger partial charge on any atom is -0.334 e. The van der Waals surface area contributed by atoms with E-state index in [0.717, 1.165) is 19.6 Å². The number of aromatic nitrogens is 2. The number of nitrogens with zero attached hydrogens (tertiary/aromatic N) is 4. The Balaban J connectivity index is 1.60. The molecule has 10 heteroatoms. The van der Waals surface area contributed by atoms with Crippen LogP contribution in [0.3, 0.4) is 0 Å². The van der Waals surface area contributed by atoms with Crippen molar-refractivity contribution in [1.82, 2.24) is 24.3 Å². The quantitative estimate of drug-likeness (QED) is 0.679. The Morgan fingerprint density at radius 1 is 1.26 bits per heavy atom. The molecule has 0 unspecified atom stereocenters. The molecule has 0 aromatic carbocycles. The number of piperidine rings is 1. The molecule has 2 saturated heterocycles. The van der Waals surface area contributed by atoms with E-state index in [2.05, 4.69) is 15.1 Å². The minimum atomic E-state index is -3.33. The number of likely N-dealkylation sites (tertiary alicyclic amines) is 2. The van der Waals surface area contributed by atoms with Crippen LogP contribution in [-0.4, -0.2) is 89.7 Å². The lowest BCUT2D eigenvalue weighted by atomic mass is 10.1. The van der Waals surface area contributed by atoms with Crippen LogP contribution >= 0.6 is 0 Å². The summed E-state index contributed by atoms with van der Waals surface area (Å²) in [5.41, 5.74) is -0.211. The number of carbonyl (C=O) groups is 1. The number of nitrogens with one attached hydrogen (secondary N) is 1. The van der Waals surface area contributed by atoms with E-state index in [4.69, 9.17) is 0 Å². The van der Waals surface area contributed by atoms with E-state index in [1.807, 2.05) is 0 Å². The molecule has 0 aliphatic carbocycles. The predicted molar refractivity (Wildman–Crippen MR) is 101 cm³/mol. The first-order valence-corrected chi connectivity index (χ1v) is 11.1. The van der Waals surface area contributed by atoms with Crippen molar-refractivity contribution >= 4 is 15.9 Å². The molecular weight excluding hydrogens is 370 g/mol. The molecule has 27 heavy (non-hydrogen) atoms. The Morgan fingerprint density at radius 3 is 2.56 bits per heavy atom. The summed E-state index contributed by atoms with van der Waals surface area (Å²) < 4.78 is 26.6. The topological polar surface area (TPSA) is 107 Å². The van der Waals surface area contributed by atoms with Gasteiger partial charge in [0.25, 0.3) is 11.5 Å². The number of hydrogen-bond donors (Lipinski definition) is 1. The van der Waals surface area contributed by atoms with E-state index in [0.29, 0.717) is 19.6 Å². The molecule has 0 bridgehead atoms. The first-order chi connectivity index (χ1) is 12.9. The van der Waals surface area contributed by atoms with Gasteiger partial charge < -0.3 is 9.80 Å². The minimum absolute atomic E-state index is 0.0545. The molecule has 1 amide bonds. The van der Waals surface area contributed by atoms with Gasteiger partial charge in [0, 0.05) is 32.2 Å². The van der Waals surface area contributed by atoms with Gasteiger partial charge in [-0.05, 0) is 38.9 Å². The molecule has 0 radical (unpaired) electrons. The van der Waals surface area contributed by atoms with Crippen LogP contribution in [0.15, 0.2) is 16.9 Å². The van der Waals surface area contributed by atoms with Crippen LogP contribution in [0.4, 0.5) is 0 Å². The fraction of sp³-hybridized carbons (Fsp3) is 0.706. The molecule has 1 aromatic heterocycles. The lowest BCUT2D eigenvalue weighted by molar-refractivity contribution is 0.0429. The Morgan fingerprint density at radius 2 is 1.96 bits per heavy atom. The molecule has 3 rings (SSSR count). The van der Waals surface area contributed by atoms with Crippen LogP contribution in [0.25, 0.3) is 0 Å². The summed E-state index contributed by atoms with van der Waals surface area (Å²) in [6.45, 7) is 5.57. The van der Waals surface area contributed by atoms with Crippen LogP contribution in [0.5, 0.6) is 0 Å². The molecule has 0 atom stereocenters. The molecule has 0 spiro atoms. The number of aromatic amines is 1. The van der Waals surface area contributed by atoms with Crippen molar-refractivity contribution in [2.24, 2.45) is 0 Å². The van der Waals surface area contributed by atoms with Gasteiger partial charge in [-0.25, -0.2) is 13.5 Å². The third-order valence-electron chi connectivity index (χ3n) is 5.26. The normalized spacial score (nSPS) is 19.3. The monoisotopic (exact) mass is 397 g/mol. The van der Waals surface area contributed by atoms with Crippen molar-refractivity contribution in [1.29, 1.82) is 0 Å². The summed E-state index contributed by atoms with van der Waals surface area (Å²) >= 11 is 0. The lowest BCUT2D eigenvalue weighted by Gasteiger charge is -2.44. The maximum Gasteiger partial charge on any atom is 0.274 e. The predicted octanol–water partition coefficient (Wildman–Crippen LogP) is -0.268. The molecule has 3 heterocycles. The second-order valence-corrected chi connectivity index (χ2v) is 9.29. The molecule has 2 aliphatic rings. The van der Waals surface area contributed by atoms with Gasteiger partial charge >= 0.3 is 0 Å². The molecule has 150 valence electrons. The van der Waals surface area contributed by atoms with E-state index in [1.54, 1.807) is 16.1 Å². The van der Waals surface area contributed by atoms with E-state index in [1.165, 1.54) is 31.4 Å². The van der Waals surface area contributed by atoms with Gasteiger partial charge in [0.2, 0.25) is 10.0 Å². The first-order valence-electron chi connectivity index (χ1n) is 9.47. The maximum absolute atomic E-state index is 12.5. The summed E-state index contributed by atoms with van der Waals surface area (Å²) in [5, 5.41) is 5.99. The van der Waals surface area contributed by atoms with Gasteiger partial charge in [0.1, 0.15) is 5.69 Å². The maximum atomic E-state index is 12.5. The summed E-state index contributed by atoms with van der Waals surface area (Å²) in [6, 6.07) is 2.43. The molecule has 1 aromatic rings. The smallest absolute Gasteiger partial charge is 0.274 e.